The summed E-state index contributed by atoms with van der Waals surface area (Å²) < 4.78 is 24.7. The number of sulfone groups is 1. The van der Waals surface area contributed by atoms with E-state index >= 15 is 0 Å². The average Bonchev–Trinajstić information content (AvgIpc) is 2.28. The zero-order valence-corrected chi connectivity index (χ0v) is 11.4. The zero-order chi connectivity index (χ0) is 13.2. The third-order valence-electron chi connectivity index (χ3n) is 2.87. The molecule has 0 spiro atoms. The lowest BCUT2D eigenvalue weighted by molar-refractivity contribution is 0.594. The van der Waals surface area contributed by atoms with Crippen LogP contribution in [0.25, 0.3) is 0 Å². The van der Waals surface area contributed by atoms with Gasteiger partial charge in [-0.25, -0.2) is 8.42 Å². The minimum Gasteiger partial charge on any atom is -0.223 e. The molecule has 0 atom stereocenters. The number of benzene rings is 2. The van der Waals surface area contributed by atoms with Crippen molar-refractivity contribution in [2.75, 3.05) is 0 Å². The van der Waals surface area contributed by atoms with Crippen molar-refractivity contribution in [2.24, 2.45) is 0 Å². The molecular formula is C15H16O2S. The lowest BCUT2D eigenvalue weighted by atomic mass is 10.2. The fraction of sp³-hybridized carbons (Fsp3) is 0.200. The molecular weight excluding hydrogens is 244 g/mol. The first-order valence-corrected chi connectivity index (χ1v) is 7.48. The van der Waals surface area contributed by atoms with Gasteiger partial charge in [-0.15, -0.1) is 0 Å². The van der Waals surface area contributed by atoms with E-state index in [0.717, 1.165) is 16.7 Å². The normalized spacial score (nSPS) is 11.4. The van der Waals surface area contributed by atoms with Crippen LogP contribution in [0.3, 0.4) is 0 Å². The van der Waals surface area contributed by atoms with Crippen molar-refractivity contribution in [2.45, 2.75) is 24.5 Å². The molecule has 0 saturated heterocycles. The smallest absolute Gasteiger partial charge is 0.182 e. The second kappa shape index (κ2) is 4.94. The van der Waals surface area contributed by atoms with E-state index in [-0.39, 0.29) is 5.75 Å². The van der Waals surface area contributed by atoms with Gasteiger partial charge in [0, 0.05) is 0 Å². The van der Waals surface area contributed by atoms with E-state index in [9.17, 15) is 8.42 Å². The van der Waals surface area contributed by atoms with Crippen molar-refractivity contribution in [3.63, 3.8) is 0 Å². The van der Waals surface area contributed by atoms with Gasteiger partial charge in [-0.2, -0.15) is 0 Å². The van der Waals surface area contributed by atoms with Gasteiger partial charge in [0.05, 0.1) is 10.6 Å². The third-order valence-corrected chi connectivity index (χ3v) is 4.71. The van der Waals surface area contributed by atoms with Crippen molar-refractivity contribution in [1.82, 2.24) is 0 Å². The molecule has 0 fully saturated rings. The van der Waals surface area contributed by atoms with Crippen molar-refractivity contribution < 1.29 is 8.42 Å². The standard InChI is InChI=1S/C15H16O2S/c1-12-6-5-8-14(10-12)11-18(16,17)15-9-4-3-7-13(15)2/h3-10H,11H2,1-2H3. The van der Waals surface area contributed by atoms with Gasteiger partial charge in [0.1, 0.15) is 0 Å². The summed E-state index contributed by atoms with van der Waals surface area (Å²) in [6.45, 7) is 3.78. The molecule has 0 aliphatic carbocycles. The minimum absolute atomic E-state index is 0.0551. The third kappa shape index (κ3) is 2.79. The summed E-state index contributed by atoms with van der Waals surface area (Å²) in [5.74, 6) is 0.0551. The van der Waals surface area contributed by atoms with Gasteiger partial charge < -0.3 is 0 Å². The Balaban J connectivity index is 2.37. The van der Waals surface area contributed by atoms with E-state index in [4.69, 9.17) is 0 Å². The quantitative estimate of drug-likeness (QED) is 0.848. The Hall–Kier alpha value is -1.61. The monoisotopic (exact) mass is 260 g/mol. The first-order chi connectivity index (χ1) is 8.49. The number of hydrogen-bond acceptors (Lipinski definition) is 2. The lowest BCUT2D eigenvalue weighted by Crippen LogP contribution is -2.06. The summed E-state index contributed by atoms with van der Waals surface area (Å²) in [6.07, 6.45) is 0. The molecule has 0 unspecified atom stereocenters. The van der Waals surface area contributed by atoms with Gasteiger partial charge in [-0.05, 0) is 31.0 Å². The van der Waals surface area contributed by atoms with E-state index < -0.39 is 9.84 Å². The molecule has 18 heavy (non-hydrogen) atoms. The molecule has 0 aliphatic heterocycles. The maximum absolute atomic E-state index is 12.3. The van der Waals surface area contributed by atoms with E-state index in [2.05, 4.69) is 0 Å². The Morgan fingerprint density at radius 3 is 2.33 bits per heavy atom. The molecule has 2 aromatic rings. The molecule has 0 amide bonds. The van der Waals surface area contributed by atoms with Gasteiger partial charge in [0.15, 0.2) is 9.84 Å². The van der Waals surface area contributed by atoms with Crippen LogP contribution in [0, 0.1) is 13.8 Å². The van der Waals surface area contributed by atoms with Gasteiger partial charge in [0.2, 0.25) is 0 Å². The Bertz CT molecular complexity index is 658. The number of rotatable bonds is 3. The summed E-state index contributed by atoms with van der Waals surface area (Å²) in [4.78, 5) is 0.423. The predicted octanol–water partition coefficient (Wildman–Crippen LogP) is 3.28. The zero-order valence-electron chi connectivity index (χ0n) is 10.6. The second-order valence-electron chi connectivity index (χ2n) is 4.51. The summed E-state index contributed by atoms with van der Waals surface area (Å²) in [5, 5.41) is 0. The maximum atomic E-state index is 12.3. The van der Waals surface area contributed by atoms with E-state index in [1.54, 1.807) is 12.1 Å². The SMILES string of the molecule is Cc1cccc(CS(=O)(=O)c2ccccc2C)c1. The minimum atomic E-state index is -3.26. The van der Waals surface area contributed by atoms with E-state index in [1.165, 1.54) is 0 Å². The van der Waals surface area contributed by atoms with Crippen molar-refractivity contribution in [3.05, 3.63) is 65.2 Å². The van der Waals surface area contributed by atoms with Crippen LogP contribution in [0.5, 0.6) is 0 Å². The highest BCUT2D eigenvalue weighted by molar-refractivity contribution is 7.90. The summed E-state index contributed by atoms with van der Waals surface area (Å²) >= 11 is 0. The largest absolute Gasteiger partial charge is 0.223 e. The van der Waals surface area contributed by atoms with Crippen LogP contribution in [0.1, 0.15) is 16.7 Å². The van der Waals surface area contributed by atoms with E-state index in [1.807, 2.05) is 50.2 Å². The summed E-state index contributed by atoms with van der Waals surface area (Å²) in [5.41, 5.74) is 2.70. The van der Waals surface area contributed by atoms with Gasteiger partial charge in [-0.3, -0.25) is 0 Å². The van der Waals surface area contributed by atoms with E-state index in [0.29, 0.717) is 4.90 Å². The topological polar surface area (TPSA) is 34.1 Å². The number of hydrogen-bond donors (Lipinski definition) is 0. The Kier molecular flexibility index (Phi) is 3.53. The molecule has 0 N–H and O–H groups in total. The number of aryl methyl sites for hydroxylation is 2. The van der Waals surface area contributed by atoms with Crippen LogP contribution in [0.4, 0.5) is 0 Å². The van der Waals surface area contributed by atoms with Crippen LogP contribution in [-0.4, -0.2) is 8.42 Å². The molecule has 94 valence electrons. The molecule has 2 nitrogen and oxygen atoms in total. The summed E-state index contributed by atoms with van der Waals surface area (Å²) in [6, 6.07) is 14.7. The van der Waals surface area contributed by atoms with Crippen molar-refractivity contribution >= 4 is 9.84 Å². The molecule has 0 heterocycles. The molecule has 0 bridgehead atoms. The maximum Gasteiger partial charge on any atom is 0.182 e. The molecule has 2 aromatic carbocycles. The first-order valence-electron chi connectivity index (χ1n) is 5.83. The molecule has 0 aromatic heterocycles. The van der Waals surface area contributed by atoms with Crippen LogP contribution < -0.4 is 0 Å². The molecule has 2 rings (SSSR count). The van der Waals surface area contributed by atoms with Crippen LogP contribution in [-0.2, 0) is 15.6 Å². The first kappa shape index (κ1) is 12.8. The van der Waals surface area contributed by atoms with Crippen molar-refractivity contribution in [3.8, 4) is 0 Å². The van der Waals surface area contributed by atoms with Gasteiger partial charge in [0.25, 0.3) is 0 Å². The fourth-order valence-electron chi connectivity index (χ4n) is 2.00. The molecule has 0 saturated carbocycles. The van der Waals surface area contributed by atoms with Gasteiger partial charge >= 0.3 is 0 Å². The average molecular weight is 260 g/mol. The fourth-order valence-corrected chi connectivity index (χ4v) is 3.62. The molecule has 0 radical (unpaired) electrons. The highest BCUT2D eigenvalue weighted by atomic mass is 32.2. The second-order valence-corrected chi connectivity index (χ2v) is 6.47. The van der Waals surface area contributed by atoms with Crippen LogP contribution in [0.2, 0.25) is 0 Å². The summed E-state index contributed by atoms with van der Waals surface area (Å²) in [7, 11) is -3.26. The molecule has 0 aliphatic rings. The highest BCUT2D eigenvalue weighted by Crippen LogP contribution is 2.20. The van der Waals surface area contributed by atoms with Crippen molar-refractivity contribution in [1.29, 1.82) is 0 Å². The van der Waals surface area contributed by atoms with Crippen LogP contribution >= 0.6 is 0 Å². The molecule has 3 heteroatoms. The Morgan fingerprint density at radius 1 is 0.944 bits per heavy atom. The Morgan fingerprint density at radius 2 is 1.67 bits per heavy atom. The van der Waals surface area contributed by atoms with Crippen LogP contribution in [0.15, 0.2) is 53.4 Å². The van der Waals surface area contributed by atoms with Gasteiger partial charge in [-0.1, -0.05) is 48.0 Å². The Labute approximate surface area is 108 Å². The lowest BCUT2D eigenvalue weighted by Gasteiger charge is -2.08. The predicted molar refractivity (Wildman–Crippen MR) is 73.2 cm³/mol. The highest BCUT2D eigenvalue weighted by Gasteiger charge is 2.17.